The van der Waals surface area contributed by atoms with Crippen molar-refractivity contribution in [1.29, 1.82) is 0 Å². The van der Waals surface area contributed by atoms with E-state index in [-0.39, 0.29) is 36.4 Å². The number of carbonyl (C=O) groups is 2. The lowest BCUT2D eigenvalue weighted by molar-refractivity contribution is -0.142. The Kier molecular flexibility index (Phi) is 7.32. The van der Waals surface area contributed by atoms with Crippen molar-refractivity contribution < 1.29 is 19.8 Å². The lowest BCUT2D eigenvalue weighted by atomic mass is 9.79. The van der Waals surface area contributed by atoms with Gasteiger partial charge in [0.1, 0.15) is 6.33 Å². The highest BCUT2D eigenvalue weighted by atomic mass is 16.4. The molecule has 2 N–H and O–H groups in total. The Morgan fingerprint density at radius 1 is 0.976 bits per heavy atom. The minimum absolute atomic E-state index is 0.00563. The van der Waals surface area contributed by atoms with Crippen molar-refractivity contribution in [2.75, 3.05) is 26.2 Å². The van der Waals surface area contributed by atoms with E-state index >= 15 is 0 Å². The molecule has 0 spiro atoms. The summed E-state index contributed by atoms with van der Waals surface area (Å²) in [4.78, 5) is 46.7. The number of hydrogen-bond donors (Lipinski definition) is 2. The summed E-state index contributed by atoms with van der Waals surface area (Å²) >= 11 is 0. The van der Waals surface area contributed by atoms with E-state index in [9.17, 15) is 24.6 Å². The van der Waals surface area contributed by atoms with Gasteiger partial charge >= 0.3 is 6.09 Å². The Labute approximate surface area is 243 Å². The highest BCUT2D eigenvalue weighted by molar-refractivity contribution is 5.81. The standard InChI is InChI=1S/C32H35N5O5/c1-22-18-26-28(37(22)24-10-6-3-7-11-24)33-21-36(30(26)39)20-32(42)13-16-34(17-14-32)29(38)25-12-15-35(31(40)41)19-27(25)23-8-4-2-5-9-23/h2-11,18,21,25,27,42H,12-17,19-20H2,1H3,(H,40,41)/t25-,27+/m1/s1. The Hall–Kier alpha value is -4.44. The summed E-state index contributed by atoms with van der Waals surface area (Å²) < 4.78 is 3.42. The van der Waals surface area contributed by atoms with Gasteiger partial charge in [0, 0.05) is 49.4 Å². The van der Waals surface area contributed by atoms with Gasteiger partial charge in [0.25, 0.3) is 5.56 Å². The Balaban J connectivity index is 1.16. The van der Waals surface area contributed by atoms with Crippen LogP contribution in [0.3, 0.4) is 0 Å². The minimum Gasteiger partial charge on any atom is -0.465 e. The first-order valence-electron chi connectivity index (χ1n) is 14.4. The molecule has 0 saturated carbocycles. The number of likely N-dealkylation sites (tertiary alicyclic amines) is 2. The van der Waals surface area contributed by atoms with E-state index in [1.54, 1.807) is 4.90 Å². The number of fused-ring (bicyclic) bond motifs is 1. The SMILES string of the molecule is Cc1cc2c(=O)n(CC3(O)CCN(C(=O)[C@@H]4CCN(C(=O)O)C[C@H]4c4ccccc4)CC3)cnc2n1-c1ccccc1. The molecule has 10 heteroatoms. The van der Waals surface area contributed by atoms with Gasteiger partial charge in [0.15, 0.2) is 5.65 Å². The van der Waals surface area contributed by atoms with Gasteiger partial charge in [-0.3, -0.25) is 18.7 Å². The zero-order valence-corrected chi connectivity index (χ0v) is 23.6. The lowest BCUT2D eigenvalue weighted by Crippen LogP contribution is -2.53. The maximum atomic E-state index is 13.7. The van der Waals surface area contributed by atoms with Gasteiger partial charge in [-0.1, -0.05) is 48.5 Å². The van der Waals surface area contributed by atoms with E-state index in [1.165, 1.54) is 15.8 Å². The fourth-order valence-electron chi connectivity index (χ4n) is 6.57. The number of piperidine rings is 2. The van der Waals surface area contributed by atoms with Crippen molar-refractivity contribution in [3.63, 3.8) is 0 Å². The third kappa shape index (κ3) is 5.18. The molecule has 6 rings (SSSR count). The number of aromatic nitrogens is 3. The molecule has 0 bridgehead atoms. The van der Waals surface area contributed by atoms with Crippen LogP contribution in [0.5, 0.6) is 0 Å². The van der Waals surface area contributed by atoms with Crippen LogP contribution in [-0.4, -0.2) is 77.9 Å². The first kappa shape index (κ1) is 27.7. The van der Waals surface area contributed by atoms with Crippen LogP contribution in [0.1, 0.15) is 36.4 Å². The molecule has 2 saturated heterocycles. The maximum Gasteiger partial charge on any atom is 0.407 e. The molecule has 42 heavy (non-hydrogen) atoms. The van der Waals surface area contributed by atoms with E-state index in [1.807, 2.05) is 78.2 Å². The highest BCUT2D eigenvalue weighted by Gasteiger charge is 2.41. The number of aryl methyl sites for hydroxylation is 1. The molecule has 2 amide bonds. The Morgan fingerprint density at radius 2 is 1.64 bits per heavy atom. The second-order valence-electron chi connectivity index (χ2n) is 11.6. The number of hydrogen-bond acceptors (Lipinski definition) is 5. The smallest absolute Gasteiger partial charge is 0.407 e. The minimum atomic E-state index is -1.15. The predicted octanol–water partition coefficient (Wildman–Crippen LogP) is 3.63. The molecule has 0 aliphatic carbocycles. The number of rotatable bonds is 5. The number of benzene rings is 2. The Bertz CT molecular complexity index is 1660. The van der Waals surface area contributed by atoms with Crippen molar-refractivity contribution >= 4 is 23.0 Å². The molecule has 0 radical (unpaired) electrons. The lowest BCUT2D eigenvalue weighted by Gasteiger charge is -2.42. The van der Waals surface area contributed by atoms with Gasteiger partial charge in [-0.25, -0.2) is 9.78 Å². The summed E-state index contributed by atoms with van der Waals surface area (Å²) in [6.45, 7) is 3.35. The molecule has 2 atom stereocenters. The van der Waals surface area contributed by atoms with Crippen molar-refractivity contribution in [2.45, 2.75) is 44.2 Å². The van der Waals surface area contributed by atoms with Crippen LogP contribution in [-0.2, 0) is 11.3 Å². The summed E-state index contributed by atoms with van der Waals surface area (Å²) in [7, 11) is 0. The van der Waals surface area contributed by atoms with Crippen molar-refractivity contribution in [3.8, 4) is 5.69 Å². The number of carboxylic acid groups (broad SMARTS) is 1. The molecule has 2 aliphatic heterocycles. The van der Waals surface area contributed by atoms with Crippen LogP contribution in [0.25, 0.3) is 16.7 Å². The third-order valence-corrected chi connectivity index (χ3v) is 8.88. The first-order valence-corrected chi connectivity index (χ1v) is 14.4. The second kappa shape index (κ2) is 11.1. The zero-order valence-electron chi connectivity index (χ0n) is 23.6. The van der Waals surface area contributed by atoms with Crippen LogP contribution < -0.4 is 5.56 Å². The number of amides is 2. The monoisotopic (exact) mass is 569 g/mol. The average molecular weight is 570 g/mol. The van der Waals surface area contributed by atoms with Gasteiger partial charge in [-0.2, -0.15) is 0 Å². The van der Waals surface area contributed by atoms with Crippen LogP contribution >= 0.6 is 0 Å². The second-order valence-corrected chi connectivity index (χ2v) is 11.6. The summed E-state index contributed by atoms with van der Waals surface area (Å²) in [5, 5.41) is 21.6. The van der Waals surface area contributed by atoms with Gasteiger partial charge < -0.3 is 20.0 Å². The van der Waals surface area contributed by atoms with E-state index in [0.717, 1.165) is 16.9 Å². The van der Waals surface area contributed by atoms with Crippen molar-refractivity contribution in [3.05, 3.63) is 94.7 Å². The van der Waals surface area contributed by atoms with Gasteiger partial charge in [-0.05, 0) is 49.9 Å². The molecule has 2 aliphatic rings. The fraction of sp³-hybridized carbons (Fsp3) is 0.375. The van der Waals surface area contributed by atoms with Crippen LogP contribution in [0.15, 0.2) is 77.9 Å². The highest BCUT2D eigenvalue weighted by Crippen LogP contribution is 2.35. The Morgan fingerprint density at radius 3 is 2.31 bits per heavy atom. The molecule has 0 unspecified atom stereocenters. The fourth-order valence-corrected chi connectivity index (χ4v) is 6.57. The predicted molar refractivity (Wildman–Crippen MR) is 158 cm³/mol. The summed E-state index contributed by atoms with van der Waals surface area (Å²) in [5.74, 6) is -0.568. The molecule has 4 heterocycles. The van der Waals surface area contributed by atoms with Crippen molar-refractivity contribution in [1.82, 2.24) is 23.9 Å². The summed E-state index contributed by atoms with van der Waals surface area (Å²) in [6.07, 6.45) is 1.64. The van der Waals surface area contributed by atoms with E-state index < -0.39 is 11.7 Å². The number of aliphatic hydroxyl groups is 1. The zero-order chi connectivity index (χ0) is 29.4. The van der Waals surface area contributed by atoms with Crippen LogP contribution in [0.2, 0.25) is 0 Å². The summed E-state index contributed by atoms with van der Waals surface area (Å²) in [6, 6.07) is 21.2. The normalized spacial score (nSPS) is 20.5. The molecule has 218 valence electrons. The van der Waals surface area contributed by atoms with Crippen molar-refractivity contribution in [2.24, 2.45) is 5.92 Å². The number of nitrogens with zero attached hydrogens (tertiary/aromatic N) is 5. The summed E-state index contributed by atoms with van der Waals surface area (Å²) in [5.41, 5.74) is 1.99. The van der Waals surface area contributed by atoms with Crippen LogP contribution in [0, 0.1) is 12.8 Å². The van der Waals surface area contributed by atoms with E-state index in [2.05, 4.69) is 4.98 Å². The molecular weight excluding hydrogens is 534 g/mol. The maximum absolute atomic E-state index is 13.7. The van der Waals surface area contributed by atoms with E-state index in [4.69, 9.17) is 0 Å². The van der Waals surface area contributed by atoms with Gasteiger partial charge in [0.2, 0.25) is 5.91 Å². The third-order valence-electron chi connectivity index (χ3n) is 8.88. The molecule has 10 nitrogen and oxygen atoms in total. The first-order chi connectivity index (χ1) is 20.2. The molecular formula is C32H35N5O5. The largest absolute Gasteiger partial charge is 0.465 e. The number of carbonyl (C=O) groups excluding carboxylic acids is 1. The molecule has 2 aromatic carbocycles. The molecule has 2 fully saturated rings. The average Bonchev–Trinajstić information content (AvgIpc) is 3.35. The quantitative estimate of drug-likeness (QED) is 0.379. The molecule has 4 aromatic rings. The van der Waals surface area contributed by atoms with Gasteiger partial charge in [0.05, 0.1) is 17.5 Å². The van der Waals surface area contributed by atoms with Crippen LogP contribution in [0.4, 0.5) is 4.79 Å². The molecule has 2 aromatic heterocycles. The van der Waals surface area contributed by atoms with Gasteiger partial charge in [-0.15, -0.1) is 0 Å². The number of para-hydroxylation sites is 1. The topological polar surface area (TPSA) is 121 Å². The van der Waals surface area contributed by atoms with E-state index in [0.29, 0.717) is 49.9 Å².